The van der Waals surface area contributed by atoms with Gasteiger partial charge in [0.15, 0.2) is 0 Å². The second kappa shape index (κ2) is 9.45. The number of likely N-dealkylation sites (tertiary alicyclic amines) is 1. The Bertz CT molecular complexity index is 1070. The van der Waals surface area contributed by atoms with E-state index in [2.05, 4.69) is 10.2 Å². The summed E-state index contributed by atoms with van der Waals surface area (Å²) in [5.74, 6) is 1.09. The zero-order valence-electron chi connectivity index (χ0n) is 16.8. The number of hydrogen-bond donors (Lipinski definition) is 1. The molecule has 0 aliphatic carbocycles. The maximum atomic E-state index is 12.4. The van der Waals surface area contributed by atoms with Crippen molar-refractivity contribution in [1.29, 1.82) is 0 Å². The van der Waals surface area contributed by atoms with Gasteiger partial charge < -0.3 is 15.0 Å². The lowest BCUT2D eigenvalue weighted by Gasteiger charge is -2.26. The Labute approximate surface area is 180 Å². The monoisotopic (exact) mass is 424 g/mol. The highest BCUT2D eigenvalue weighted by Crippen LogP contribution is 2.37. The van der Waals surface area contributed by atoms with Gasteiger partial charge in [0.05, 0.1) is 11.3 Å². The molecule has 6 heteroatoms. The summed E-state index contributed by atoms with van der Waals surface area (Å²) in [6.07, 6.45) is 4.76. The first-order valence-corrected chi connectivity index (χ1v) is 10.8. The predicted molar refractivity (Wildman–Crippen MR) is 122 cm³/mol. The molecule has 1 heterocycles. The molecular formula is C24H25ClN2O3. The second-order valence-corrected chi connectivity index (χ2v) is 8.08. The van der Waals surface area contributed by atoms with Gasteiger partial charge >= 0.3 is 0 Å². The Kier molecular flexibility index (Phi) is 6.50. The molecule has 1 aliphatic rings. The molecule has 3 aromatic rings. The summed E-state index contributed by atoms with van der Waals surface area (Å²) < 4.78 is 5.97. The third kappa shape index (κ3) is 4.58. The van der Waals surface area contributed by atoms with Crippen molar-refractivity contribution in [2.45, 2.75) is 25.7 Å². The molecule has 3 aromatic carbocycles. The largest absolute Gasteiger partial charge is 0.457 e. The van der Waals surface area contributed by atoms with Gasteiger partial charge in [-0.05, 0) is 63.2 Å². The summed E-state index contributed by atoms with van der Waals surface area (Å²) in [5, 5.41) is 3.69. The van der Waals surface area contributed by atoms with Crippen molar-refractivity contribution in [3.63, 3.8) is 0 Å². The molecule has 0 spiro atoms. The molecule has 0 amide bonds. The molecule has 1 aliphatic heterocycles. The third-order valence-corrected chi connectivity index (χ3v) is 5.73. The predicted octanol–water partition coefficient (Wildman–Crippen LogP) is 4.68. The van der Waals surface area contributed by atoms with E-state index in [1.54, 1.807) is 18.2 Å². The van der Waals surface area contributed by atoms with Crippen LogP contribution in [-0.4, -0.2) is 31.1 Å². The van der Waals surface area contributed by atoms with Gasteiger partial charge in [-0.15, -0.1) is 0 Å². The number of rotatable bonds is 8. The van der Waals surface area contributed by atoms with Crippen LogP contribution in [0.25, 0.3) is 11.1 Å². The number of hydrogen-bond acceptors (Lipinski definition) is 5. The molecule has 1 saturated heterocycles. The lowest BCUT2D eigenvalue weighted by Crippen LogP contribution is -2.37. The topological polar surface area (TPSA) is 58.6 Å². The minimum absolute atomic E-state index is 0.374. The Morgan fingerprint density at radius 2 is 1.73 bits per heavy atom. The maximum Gasteiger partial charge on any atom is 0.250 e. The van der Waals surface area contributed by atoms with Crippen LogP contribution in [0.1, 0.15) is 25.7 Å². The van der Waals surface area contributed by atoms with E-state index in [4.69, 9.17) is 16.3 Å². The van der Waals surface area contributed by atoms with Crippen LogP contribution in [0.15, 0.2) is 58.1 Å². The average Bonchev–Trinajstić information content (AvgIpc) is 2.78. The summed E-state index contributed by atoms with van der Waals surface area (Å²) in [6, 6.07) is 14.4. The number of nitrogens with one attached hydrogen (secondary N) is 1. The molecule has 30 heavy (non-hydrogen) atoms. The summed E-state index contributed by atoms with van der Waals surface area (Å²) in [5.41, 5.74) is 0.364. The summed E-state index contributed by atoms with van der Waals surface area (Å²) in [6.45, 7) is 3.95. The first-order valence-electron chi connectivity index (χ1n) is 10.5. The normalized spacial score (nSPS) is 14.7. The molecule has 1 fully saturated rings. The van der Waals surface area contributed by atoms with Crippen molar-refractivity contribution in [1.82, 2.24) is 4.90 Å². The van der Waals surface area contributed by atoms with Crippen molar-refractivity contribution >= 4 is 17.3 Å². The number of ether oxygens (including phenoxy) is 1. The molecule has 0 bridgehead atoms. The highest BCUT2D eigenvalue weighted by molar-refractivity contribution is 6.30. The van der Waals surface area contributed by atoms with Gasteiger partial charge in [0.2, 0.25) is 10.9 Å². The van der Waals surface area contributed by atoms with Crippen LogP contribution in [0.2, 0.25) is 5.02 Å². The van der Waals surface area contributed by atoms with Gasteiger partial charge in [-0.3, -0.25) is 9.59 Å². The van der Waals surface area contributed by atoms with Gasteiger partial charge in [-0.1, -0.05) is 36.2 Å². The summed E-state index contributed by atoms with van der Waals surface area (Å²) in [7, 11) is 0. The fraction of sp³-hybridized carbons (Fsp3) is 0.333. The number of benzene rings is 2. The van der Waals surface area contributed by atoms with Crippen molar-refractivity contribution in [2.24, 2.45) is 0 Å². The quantitative estimate of drug-likeness (QED) is 0.420. The van der Waals surface area contributed by atoms with Crippen LogP contribution in [0.3, 0.4) is 0 Å². The Hall–Kier alpha value is -2.63. The van der Waals surface area contributed by atoms with E-state index in [1.165, 1.54) is 19.3 Å². The molecule has 0 aromatic heterocycles. The number of piperidine rings is 1. The van der Waals surface area contributed by atoms with Gasteiger partial charge in [0.25, 0.3) is 0 Å². The molecule has 0 saturated carbocycles. The minimum atomic E-state index is -0.492. The first-order chi connectivity index (χ1) is 14.6. The molecule has 4 rings (SSSR count). The van der Waals surface area contributed by atoms with Gasteiger partial charge in [0.1, 0.15) is 11.5 Å². The van der Waals surface area contributed by atoms with E-state index in [0.29, 0.717) is 39.9 Å². The SMILES string of the molecule is O=c1c(NCCCN2CCCCC2)c(-c2ccc(Cl)cc2Oc2ccccc2)c1=O. The smallest absolute Gasteiger partial charge is 0.250 e. The van der Waals surface area contributed by atoms with E-state index >= 15 is 0 Å². The summed E-state index contributed by atoms with van der Waals surface area (Å²) >= 11 is 6.16. The van der Waals surface area contributed by atoms with Gasteiger partial charge in [0, 0.05) is 23.2 Å². The van der Waals surface area contributed by atoms with E-state index in [0.717, 1.165) is 26.1 Å². The van der Waals surface area contributed by atoms with E-state index in [-0.39, 0.29) is 0 Å². The molecule has 5 nitrogen and oxygen atoms in total. The Morgan fingerprint density at radius 3 is 2.50 bits per heavy atom. The zero-order chi connectivity index (χ0) is 20.9. The van der Waals surface area contributed by atoms with Crippen LogP contribution in [0, 0.1) is 0 Å². The average molecular weight is 425 g/mol. The molecule has 0 atom stereocenters. The van der Waals surface area contributed by atoms with Crippen LogP contribution in [-0.2, 0) is 0 Å². The third-order valence-electron chi connectivity index (χ3n) is 5.50. The molecule has 1 N–H and O–H groups in total. The number of para-hydroxylation sites is 1. The first kappa shape index (κ1) is 20.6. The van der Waals surface area contributed by atoms with Gasteiger partial charge in [-0.2, -0.15) is 0 Å². The molecule has 156 valence electrons. The lowest BCUT2D eigenvalue weighted by molar-refractivity contribution is 0.228. The molecule has 0 radical (unpaired) electrons. The van der Waals surface area contributed by atoms with Crippen LogP contribution in [0.5, 0.6) is 11.5 Å². The number of anilines is 1. The highest BCUT2D eigenvalue weighted by Gasteiger charge is 2.25. The Morgan fingerprint density at radius 1 is 0.967 bits per heavy atom. The number of nitrogens with zero attached hydrogens (tertiary/aromatic N) is 1. The van der Waals surface area contributed by atoms with Crippen molar-refractivity contribution in [3.8, 4) is 22.6 Å². The minimum Gasteiger partial charge on any atom is -0.457 e. The summed E-state index contributed by atoms with van der Waals surface area (Å²) in [4.78, 5) is 27.1. The van der Waals surface area contributed by atoms with Crippen LogP contribution in [0.4, 0.5) is 5.69 Å². The standard InChI is InChI=1S/C24H25ClN2O3/c25-17-10-11-19(20(16-17)30-18-8-3-1-4-9-18)21-22(24(29)23(21)28)26-12-7-15-27-13-5-2-6-14-27/h1,3-4,8-11,16,26H,2,5-7,12-15H2. The highest BCUT2D eigenvalue weighted by atomic mass is 35.5. The maximum absolute atomic E-state index is 12.4. The second-order valence-electron chi connectivity index (χ2n) is 7.65. The van der Waals surface area contributed by atoms with Gasteiger partial charge in [-0.25, -0.2) is 0 Å². The zero-order valence-corrected chi connectivity index (χ0v) is 17.6. The van der Waals surface area contributed by atoms with Crippen LogP contribution >= 0.6 is 11.6 Å². The Balaban J connectivity index is 1.50. The molecular weight excluding hydrogens is 400 g/mol. The van der Waals surface area contributed by atoms with E-state index < -0.39 is 10.9 Å². The van der Waals surface area contributed by atoms with Crippen LogP contribution < -0.4 is 20.9 Å². The fourth-order valence-electron chi connectivity index (χ4n) is 3.92. The van der Waals surface area contributed by atoms with Crippen molar-refractivity contribution in [2.75, 3.05) is 31.5 Å². The molecule has 0 unspecified atom stereocenters. The van der Waals surface area contributed by atoms with Crippen molar-refractivity contribution < 1.29 is 4.74 Å². The van der Waals surface area contributed by atoms with E-state index in [9.17, 15) is 9.59 Å². The fourth-order valence-corrected chi connectivity index (χ4v) is 4.08. The van der Waals surface area contributed by atoms with E-state index in [1.807, 2.05) is 30.3 Å². The number of halogens is 1. The van der Waals surface area contributed by atoms with Crippen molar-refractivity contribution in [3.05, 3.63) is 74.0 Å². The lowest BCUT2D eigenvalue weighted by atomic mass is 9.97.